The second-order valence-corrected chi connectivity index (χ2v) is 16.3. The number of benzene rings is 1. The Labute approximate surface area is 244 Å². The van der Waals surface area contributed by atoms with Gasteiger partial charge in [0.1, 0.15) is 0 Å². The summed E-state index contributed by atoms with van der Waals surface area (Å²) in [5.74, 6) is 4.11. The Bertz CT molecular complexity index is 1210. The first-order valence-electron chi connectivity index (χ1n) is 16.1. The summed E-state index contributed by atoms with van der Waals surface area (Å²) in [5.41, 5.74) is 8.02. The maximum atomic E-state index is 8.12. The van der Waals surface area contributed by atoms with Crippen molar-refractivity contribution in [2.24, 2.45) is 56.7 Å². The number of hydrogen-bond acceptors (Lipinski definition) is 2. The van der Waals surface area contributed by atoms with E-state index in [1.54, 1.807) is 5.57 Å². The van der Waals surface area contributed by atoms with Gasteiger partial charge in [-0.2, -0.15) is 9.59 Å². The van der Waals surface area contributed by atoms with Crippen LogP contribution < -0.4 is 0 Å². The summed E-state index contributed by atoms with van der Waals surface area (Å²) < 4.78 is 0. The van der Waals surface area contributed by atoms with E-state index in [1.165, 1.54) is 74.5 Å². The third-order valence-corrected chi connectivity index (χ3v) is 14.4. The van der Waals surface area contributed by atoms with E-state index in [2.05, 4.69) is 92.3 Å². The van der Waals surface area contributed by atoms with Gasteiger partial charge >= 0.3 is 6.15 Å². The molecule has 5 aliphatic rings. The summed E-state index contributed by atoms with van der Waals surface area (Å²) in [4.78, 5) is 16.2. The predicted molar refractivity (Wildman–Crippen MR) is 164 cm³/mol. The highest BCUT2D eigenvalue weighted by Crippen LogP contribution is 2.77. The summed E-state index contributed by atoms with van der Waals surface area (Å²) in [6.45, 7) is 25.2. The van der Waals surface area contributed by atoms with Crippen molar-refractivity contribution in [2.75, 3.05) is 0 Å². The molecule has 5 aliphatic carbocycles. The van der Waals surface area contributed by atoms with Gasteiger partial charge in [0.25, 0.3) is 0 Å². The van der Waals surface area contributed by atoms with Gasteiger partial charge in [-0.05, 0) is 139 Å². The SMILES string of the molecule is C=C(C)[C@@H]1CC[C@]2(C)CC[C@]3(C)[C@H](CC[C@@H]4[C@@]5(C)CC=C(c6ccc(C)cc6)C(C)(C)[C@@H]5CC[C@]43C)[C@@H]12.O=C=O. The second kappa shape index (κ2) is 9.83. The van der Waals surface area contributed by atoms with Crippen LogP contribution in [0.5, 0.6) is 0 Å². The van der Waals surface area contributed by atoms with Gasteiger partial charge in [-0.25, -0.2) is 0 Å². The fraction of sp³-hybridized carbons (Fsp3) is 0.711. The highest BCUT2D eigenvalue weighted by molar-refractivity contribution is 5.71. The van der Waals surface area contributed by atoms with Gasteiger partial charge < -0.3 is 0 Å². The van der Waals surface area contributed by atoms with Crippen molar-refractivity contribution in [2.45, 2.75) is 113 Å². The monoisotopic (exact) mass is 542 g/mol. The quantitative estimate of drug-likeness (QED) is 0.348. The fourth-order valence-electron chi connectivity index (χ4n) is 12.3. The van der Waals surface area contributed by atoms with Crippen molar-refractivity contribution in [3.05, 3.63) is 53.6 Å². The molecule has 1 aromatic carbocycles. The van der Waals surface area contributed by atoms with Crippen molar-refractivity contribution in [1.29, 1.82) is 0 Å². The van der Waals surface area contributed by atoms with E-state index >= 15 is 0 Å². The van der Waals surface area contributed by atoms with Gasteiger partial charge in [0.2, 0.25) is 0 Å². The molecule has 0 N–H and O–H groups in total. The van der Waals surface area contributed by atoms with Crippen LogP contribution in [0.2, 0.25) is 0 Å². The Morgan fingerprint density at radius 1 is 0.825 bits per heavy atom. The van der Waals surface area contributed by atoms with Crippen LogP contribution in [0.15, 0.2) is 42.5 Å². The van der Waals surface area contributed by atoms with Gasteiger partial charge in [0.05, 0.1) is 0 Å². The van der Waals surface area contributed by atoms with Crippen molar-refractivity contribution in [1.82, 2.24) is 0 Å². The maximum Gasteiger partial charge on any atom is 0.373 e. The van der Waals surface area contributed by atoms with Gasteiger partial charge in [-0.3, -0.25) is 0 Å². The molecular weight excluding hydrogens is 488 g/mol. The summed E-state index contributed by atoms with van der Waals surface area (Å²) in [5, 5.41) is 0. The zero-order valence-electron chi connectivity index (χ0n) is 26.7. The molecule has 0 radical (unpaired) electrons. The summed E-state index contributed by atoms with van der Waals surface area (Å²) in [6.07, 6.45) is 15.7. The van der Waals surface area contributed by atoms with Crippen LogP contribution in [0.3, 0.4) is 0 Å². The van der Waals surface area contributed by atoms with Crippen molar-refractivity contribution in [3.63, 3.8) is 0 Å². The minimum atomic E-state index is 0.225. The minimum Gasteiger partial charge on any atom is -0.186 e. The Hall–Kier alpha value is -1.92. The van der Waals surface area contributed by atoms with Gasteiger partial charge in [-0.1, -0.05) is 89.6 Å². The molecule has 4 saturated carbocycles. The zero-order chi connectivity index (χ0) is 29.3. The number of allylic oxidation sites excluding steroid dienone is 3. The van der Waals surface area contributed by atoms with Gasteiger partial charge in [-0.15, -0.1) is 0 Å². The number of hydrogen-bond donors (Lipinski definition) is 0. The summed E-state index contributed by atoms with van der Waals surface area (Å²) in [6, 6.07) is 9.36. The highest BCUT2D eigenvalue weighted by atomic mass is 16.2. The second-order valence-electron chi connectivity index (χ2n) is 16.3. The van der Waals surface area contributed by atoms with Crippen LogP contribution in [0.25, 0.3) is 5.57 Å². The topological polar surface area (TPSA) is 34.1 Å². The van der Waals surface area contributed by atoms with Gasteiger partial charge in [0.15, 0.2) is 0 Å². The highest BCUT2D eigenvalue weighted by Gasteiger charge is 2.69. The first-order chi connectivity index (χ1) is 18.7. The first-order valence-corrected chi connectivity index (χ1v) is 16.1. The maximum absolute atomic E-state index is 8.12. The van der Waals surface area contributed by atoms with Crippen molar-refractivity contribution >= 4 is 11.7 Å². The molecule has 4 fully saturated rings. The molecular formula is C38H54O2. The van der Waals surface area contributed by atoms with E-state index in [-0.39, 0.29) is 11.6 Å². The van der Waals surface area contributed by atoms with E-state index < -0.39 is 0 Å². The summed E-state index contributed by atoms with van der Waals surface area (Å²) >= 11 is 0. The minimum absolute atomic E-state index is 0.225. The molecule has 2 heteroatoms. The van der Waals surface area contributed by atoms with E-state index in [0.29, 0.717) is 21.7 Å². The number of carbonyl (C=O) groups excluding carboxylic acids is 2. The molecule has 0 amide bonds. The molecule has 0 heterocycles. The lowest BCUT2D eigenvalue weighted by Crippen LogP contribution is -2.65. The van der Waals surface area contributed by atoms with Crippen LogP contribution in [-0.2, 0) is 9.59 Å². The Kier molecular flexibility index (Phi) is 7.27. The predicted octanol–water partition coefficient (Wildman–Crippen LogP) is 10.1. The van der Waals surface area contributed by atoms with Gasteiger partial charge in [0, 0.05) is 0 Å². The molecule has 0 aliphatic heterocycles. The van der Waals surface area contributed by atoms with Crippen LogP contribution in [0.4, 0.5) is 0 Å². The molecule has 6 rings (SSSR count). The van der Waals surface area contributed by atoms with Crippen molar-refractivity contribution in [3.8, 4) is 0 Å². The average Bonchev–Trinajstić information content (AvgIpc) is 3.23. The Balaban J connectivity index is 0.00000103. The molecule has 9 atom stereocenters. The van der Waals surface area contributed by atoms with Crippen LogP contribution >= 0.6 is 0 Å². The third-order valence-electron chi connectivity index (χ3n) is 14.4. The van der Waals surface area contributed by atoms with Crippen LogP contribution in [-0.4, -0.2) is 6.15 Å². The molecule has 0 saturated heterocycles. The normalized spacial score (nSPS) is 44.8. The molecule has 0 unspecified atom stereocenters. The zero-order valence-corrected chi connectivity index (χ0v) is 26.7. The Morgan fingerprint density at radius 2 is 1.48 bits per heavy atom. The number of aryl methyl sites for hydroxylation is 1. The molecule has 1 aromatic rings. The van der Waals surface area contributed by atoms with E-state index in [9.17, 15) is 0 Å². The van der Waals surface area contributed by atoms with Crippen LogP contribution in [0.1, 0.15) is 117 Å². The Morgan fingerprint density at radius 3 is 2.10 bits per heavy atom. The molecule has 2 nitrogen and oxygen atoms in total. The lowest BCUT2D eigenvalue weighted by Gasteiger charge is -2.72. The molecule has 0 spiro atoms. The fourth-order valence-corrected chi connectivity index (χ4v) is 12.3. The number of fused-ring (bicyclic) bond motifs is 7. The van der Waals surface area contributed by atoms with E-state index in [4.69, 9.17) is 9.59 Å². The standard InChI is InChI=1S/C37H54.CO2/c1-24(2)27-16-19-34(6)22-23-36(8)29(32(27)34)14-15-31-35(7)20-17-28(26-12-10-25(3)11-13-26)33(4,5)30(35)18-21-37(31,36)9;2-1-3/h10-13,17,27,29-32H,1,14-16,18-23H2,2-9H3;/t27-,29+,30-,31+,32+,34+,35-,36+,37+;/m0./s1. The average molecular weight is 543 g/mol. The molecule has 40 heavy (non-hydrogen) atoms. The largest absolute Gasteiger partial charge is 0.373 e. The van der Waals surface area contributed by atoms with Crippen LogP contribution in [0, 0.1) is 63.6 Å². The molecule has 0 aromatic heterocycles. The lowest BCUT2D eigenvalue weighted by molar-refractivity contribution is -0.223. The third kappa shape index (κ3) is 4.02. The van der Waals surface area contributed by atoms with Crippen molar-refractivity contribution < 1.29 is 9.59 Å². The molecule has 0 bridgehead atoms. The lowest BCUT2D eigenvalue weighted by atomic mass is 9.32. The summed E-state index contributed by atoms with van der Waals surface area (Å²) in [7, 11) is 0. The molecule has 218 valence electrons. The van der Waals surface area contributed by atoms with E-state index in [1.807, 2.05) is 0 Å². The number of rotatable bonds is 2. The van der Waals surface area contributed by atoms with E-state index in [0.717, 1.165) is 29.6 Å². The first kappa shape index (κ1) is 29.6. The smallest absolute Gasteiger partial charge is 0.186 e.